The van der Waals surface area contributed by atoms with E-state index >= 15 is 0 Å². The molecule has 2 aromatic heterocycles. The van der Waals surface area contributed by atoms with E-state index < -0.39 is 0 Å². The molecule has 0 aliphatic carbocycles. The zero-order chi connectivity index (χ0) is 21.7. The zero-order valence-electron chi connectivity index (χ0n) is 18.6. The van der Waals surface area contributed by atoms with Crippen LogP contribution in [0.1, 0.15) is 45.2 Å². The van der Waals surface area contributed by atoms with Gasteiger partial charge in [0.15, 0.2) is 0 Å². The Morgan fingerprint density at radius 3 is 2.57 bits per heavy atom. The van der Waals surface area contributed by atoms with Gasteiger partial charge in [0.25, 0.3) is 0 Å². The summed E-state index contributed by atoms with van der Waals surface area (Å²) in [5, 5.41) is 8.71. The average Bonchev–Trinajstić information content (AvgIpc) is 2.75. The third-order valence-corrected chi connectivity index (χ3v) is 5.53. The molecular formula is C23H34N6O. The van der Waals surface area contributed by atoms with Crippen LogP contribution in [0.3, 0.4) is 0 Å². The first-order valence-corrected chi connectivity index (χ1v) is 10.8. The van der Waals surface area contributed by atoms with Gasteiger partial charge in [-0.05, 0) is 31.9 Å². The van der Waals surface area contributed by atoms with Crippen LogP contribution in [0.4, 0.5) is 11.5 Å². The molecule has 0 spiro atoms. The second-order valence-electron chi connectivity index (χ2n) is 8.36. The molecule has 1 fully saturated rings. The fourth-order valence-electron chi connectivity index (χ4n) is 3.60. The number of hydrogen-bond donors (Lipinski definition) is 2. The monoisotopic (exact) mass is 410 g/mol. The van der Waals surface area contributed by atoms with E-state index in [1.165, 1.54) is 6.42 Å². The van der Waals surface area contributed by atoms with Crippen molar-refractivity contribution in [3.63, 3.8) is 0 Å². The van der Waals surface area contributed by atoms with Crippen molar-refractivity contribution < 1.29 is 4.74 Å². The van der Waals surface area contributed by atoms with Crippen molar-refractivity contribution in [1.29, 1.82) is 5.41 Å². The van der Waals surface area contributed by atoms with Gasteiger partial charge in [0.2, 0.25) is 5.88 Å². The predicted octanol–water partition coefficient (Wildman–Crippen LogP) is 3.43. The summed E-state index contributed by atoms with van der Waals surface area (Å²) in [6.45, 7) is 13.6. The van der Waals surface area contributed by atoms with Crippen molar-refractivity contribution in [1.82, 2.24) is 14.9 Å². The van der Waals surface area contributed by atoms with Crippen LogP contribution in [0.2, 0.25) is 0 Å². The molecule has 1 aliphatic rings. The van der Waals surface area contributed by atoms with E-state index in [0.717, 1.165) is 50.0 Å². The highest BCUT2D eigenvalue weighted by molar-refractivity contribution is 6.14. The molecule has 1 aliphatic heterocycles. The molecule has 0 bridgehead atoms. The van der Waals surface area contributed by atoms with Crippen molar-refractivity contribution in [3.8, 4) is 5.88 Å². The highest BCUT2D eigenvalue weighted by Gasteiger charge is 2.20. The molecule has 7 nitrogen and oxygen atoms in total. The number of nitrogen functional groups attached to an aromatic ring is 1. The van der Waals surface area contributed by atoms with E-state index in [1.807, 2.05) is 26.0 Å². The molecule has 0 radical (unpaired) electrons. The van der Waals surface area contributed by atoms with Crippen LogP contribution in [0.15, 0.2) is 30.6 Å². The lowest BCUT2D eigenvalue weighted by molar-refractivity contribution is 0.222. The second kappa shape index (κ2) is 9.89. The van der Waals surface area contributed by atoms with Crippen molar-refractivity contribution in [2.75, 3.05) is 43.4 Å². The normalized spacial score (nSPS) is 16.0. The maximum atomic E-state index is 8.71. The number of nitrogens with two attached hydrogens (primary N) is 1. The van der Waals surface area contributed by atoms with Crippen LogP contribution in [0.25, 0.3) is 0 Å². The van der Waals surface area contributed by atoms with Gasteiger partial charge in [-0.1, -0.05) is 20.3 Å². The first-order chi connectivity index (χ1) is 14.4. The van der Waals surface area contributed by atoms with Crippen molar-refractivity contribution in [2.24, 2.45) is 5.92 Å². The van der Waals surface area contributed by atoms with Gasteiger partial charge in [0, 0.05) is 56.1 Å². The Kier molecular flexibility index (Phi) is 7.26. The minimum atomic E-state index is 0.00895. The summed E-state index contributed by atoms with van der Waals surface area (Å²) >= 11 is 0. The highest BCUT2D eigenvalue weighted by atomic mass is 16.5. The third kappa shape index (κ3) is 5.48. The largest absolute Gasteiger partial charge is 0.475 e. The molecule has 1 unspecified atom stereocenters. The van der Waals surface area contributed by atoms with Crippen LogP contribution >= 0.6 is 0 Å². The molecule has 0 aromatic carbocycles. The zero-order valence-corrected chi connectivity index (χ0v) is 18.6. The fraction of sp³-hybridized carbons (Fsp3) is 0.522. The maximum absolute atomic E-state index is 8.71. The van der Waals surface area contributed by atoms with Gasteiger partial charge in [-0.25, -0.2) is 9.97 Å². The summed E-state index contributed by atoms with van der Waals surface area (Å²) in [5.41, 5.74) is 8.34. The molecule has 7 heteroatoms. The Bertz CT molecular complexity index is 861. The minimum absolute atomic E-state index is 0.00895. The van der Waals surface area contributed by atoms with Gasteiger partial charge in [0.1, 0.15) is 5.82 Å². The molecule has 3 rings (SSSR count). The predicted molar refractivity (Wildman–Crippen MR) is 123 cm³/mol. The number of piperazine rings is 1. The number of ether oxygens (including phenoxy) is 1. The van der Waals surface area contributed by atoms with E-state index in [9.17, 15) is 0 Å². The third-order valence-electron chi connectivity index (χ3n) is 5.53. The van der Waals surface area contributed by atoms with Crippen molar-refractivity contribution in [2.45, 2.75) is 40.2 Å². The summed E-state index contributed by atoms with van der Waals surface area (Å²) < 4.78 is 5.67. The summed E-state index contributed by atoms with van der Waals surface area (Å²) in [6.07, 6.45) is 4.55. The van der Waals surface area contributed by atoms with E-state index in [2.05, 4.69) is 33.6 Å². The smallest absolute Gasteiger partial charge is 0.214 e. The lowest BCUT2D eigenvalue weighted by Crippen LogP contribution is -2.47. The highest BCUT2D eigenvalue weighted by Crippen LogP contribution is 2.23. The molecule has 162 valence electrons. The Morgan fingerprint density at radius 2 is 1.90 bits per heavy atom. The van der Waals surface area contributed by atoms with Gasteiger partial charge >= 0.3 is 0 Å². The van der Waals surface area contributed by atoms with Gasteiger partial charge in [-0.2, -0.15) is 0 Å². The number of hydrogen-bond acceptors (Lipinski definition) is 7. The maximum Gasteiger partial charge on any atom is 0.214 e. The first kappa shape index (κ1) is 22.0. The van der Waals surface area contributed by atoms with Crippen molar-refractivity contribution in [3.05, 3.63) is 41.7 Å². The summed E-state index contributed by atoms with van der Waals surface area (Å²) in [6, 6.07) is 5.58. The first-order valence-electron chi connectivity index (χ1n) is 10.8. The molecule has 3 N–H and O–H groups in total. The number of rotatable bonds is 8. The lowest BCUT2D eigenvalue weighted by Gasteiger charge is -2.36. The summed E-state index contributed by atoms with van der Waals surface area (Å²) in [4.78, 5) is 13.6. The van der Waals surface area contributed by atoms with Crippen LogP contribution < -0.4 is 15.4 Å². The minimum Gasteiger partial charge on any atom is -0.475 e. The molecule has 0 amide bonds. The fourth-order valence-corrected chi connectivity index (χ4v) is 3.60. The Hall–Kier alpha value is -2.67. The standard InChI is InChI=1S/C23H34N6O/c1-5-17(4)15-28-8-10-29(11-9-28)21-12-18(6-7-26-21)23(25)19-13-22(30-16(2)3)27-14-20(19)24/h6-7,12-14,16-17,25H,5,8-11,15,24H2,1-4H3. The van der Waals surface area contributed by atoms with Gasteiger partial charge in [-0.15, -0.1) is 0 Å². The number of aromatic nitrogens is 2. The Morgan fingerprint density at radius 1 is 1.17 bits per heavy atom. The quantitative estimate of drug-likeness (QED) is 0.648. The molecule has 3 heterocycles. The van der Waals surface area contributed by atoms with Crippen LogP contribution in [0, 0.1) is 11.3 Å². The Balaban J connectivity index is 1.72. The SMILES string of the molecule is CCC(C)CN1CCN(c2cc(C(=N)c3cc(OC(C)C)ncc3N)ccn2)CC1. The number of anilines is 2. The molecule has 1 atom stereocenters. The Labute approximate surface area is 179 Å². The van der Waals surface area contributed by atoms with Crippen LogP contribution in [-0.4, -0.2) is 59.4 Å². The molecule has 0 saturated carbocycles. The molecule has 30 heavy (non-hydrogen) atoms. The van der Waals surface area contributed by atoms with Crippen LogP contribution in [0.5, 0.6) is 5.88 Å². The van der Waals surface area contributed by atoms with E-state index in [4.69, 9.17) is 15.9 Å². The second-order valence-corrected chi connectivity index (χ2v) is 8.36. The molecular weight excluding hydrogens is 376 g/mol. The number of nitrogens with one attached hydrogen (secondary N) is 1. The number of pyridine rings is 2. The lowest BCUT2D eigenvalue weighted by atomic mass is 10.0. The van der Waals surface area contributed by atoms with Gasteiger partial charge < -0.3 is 15.4 Å². The molecule has 1 saturated heterocycles. The van der Waals surface area contributed by atoms with Crippen LogP contribution in [-0.2, 0) is 0 Å². The number of nitrogens with zero attached hydrogens (tertiary/aromatic N) is 4. The van der Waals surface area contributed by atoms with Gasteiger partial charge in [-0.3, -0.25) is 10.3 Å². The summed E-state index contributed by atoms with van der Waals surface area (Å²) in [7, 11) is 0. The molecule has 2 aromatic rings. The average molecular weight is 411 g/mol. The van der Waals surface area contributed by atoms with Gasteiger partial charge in [0.05, 0.1) is 23.7 Å². The van der Waals surface area contributed by atoms with E-state index in [-0.39, 0.29) is 6.10 Å². The van der Waals surface area contributed by atoms with E-state index in [1.54, 1.807) is 18.5 Å². The van der Waals surface area contributed by atoms with Crippen molar-refractivity contribution >= 4 is 17.2 Å². The van der Waals surface area contributed by atoms with E-state index in [0.29, 0.717) is 22.8 Å². The summed E-state index contributed by atoms with van der Waals surface area (Å²) in [5.74, 6) is 2.12. The topological polar surface area (TPSA) is 91.4 Å².